The lowest BCUT2D eigenvalue weighted by Crippen LogP contribution is -2.33. The van der Waals surface area contributed by atoms with Crippen LogP contribution in [0.5, 0.6) is 0 Å². The lowest BCUT2D eigenvalue weighted by atomic mass is 10.2. The van der Waals surface area contributed by atoms with Gasteiger partial charge >= 0.3 is 0 Å². The van der Waals surface area contributed by atoms with E-state index in [2.05, 4.69) is 10.3 Å². The average Bonchev–Trinajstić information content (AvgIpc) is 2.68. The lowest BCUT2D eigenvalue weighted by Gasteiger charge is -2.25. The van der Waals surface area contributed by atoms with Crippen molar-refractivity contribution in [3.05, 3.63) is 23.4 Å². The minimum absolute atomic E-state index is 0.0433. The van der Waals surface area contributed by atoms with Crippen LogP contribution in [0.1, 0.15) is 17.7 Å². The van der Waals surface area contributed by atoms with E-state index in [0.29, 0.717) is 6.42 Å². The number of nitrogens with one attached hydrogen (secondary N) is 1. The Labute approximate surface area is 114 Å². The van der Waals surface area contributed by atoms with Crippen molar-refractivity contribution in [1.29, 1.82) is 0 Å². The molecule has 6 heteroatoms. The summed E-state index contributed by atoms with van der Waals surface area (Å²) in [4.78, 5) is 6.51. The highest BCUT2D eigenvalue weighted by Gasteiger charge is 2.31. The van der Waals surface area contributed by atoms with Crippen LogP contribution < -0.4 is 10.2 Å². The molecule has 1 N–H and O–H groups in total. The van der Waals surface area contributed by atoms with Crippen LogP contribution in [0.15, 0.2) is 12.1 Å². The van der Waals surface area contributed by atoms with Crippen molar-refractivity contribution in [2.24, 2.45) is 0 Å². The lowest BCUT2D eigenvalue weighted by molar-refractivity contribution is 0.600. The Morgan fingerprint density at radius 2 is 2.21 bits per heavy atom. The summed E-state index contributed by atoms with van der Waals surface area (Å²) in [7, 11) is 0.972. The number of anilines is 1. The summed E-state index contributed by atoms with van der Waals surface area (Å²) in [5.74, 6) is 1.38. The molecule has 1 aromatic rings. The van der Waals surface area contributed by atoms with E-state index in [4.69, 9.17) is 0 Å². The molecule has 1 unspecified atom stereocenters. The molecule has 1 atom stereocenters. The van der Waals surface area contributed by atoms with Crippen LogP contribution in [0.4, 0.5) is 5.82 Å². The Bertz CT molecular complexity index is 557. The SMILES string of the molecule is CNCc1cc(C)nc(N(C)C2CCS(=O)(=O)C2)c1. The minimum atomic E-state index is -2.86. The van der Waals surface area contributed by atoms with Gasteiger partial charge in [0, 0.05) is 25.3 Å². The molecule has 5 nitrogen and oxygen atoms in total. The van der Waals surface area contributed by atoms with Crippen LogP contribution >= 0.6 is 0 Å². The van der Waals surface area contributed by atoms with E-state index in [1.165, 1.54) is 0 Å². The maximum Gasteiger partial charge on any atom is 0.152 e. The van der Waals surface area contributed by atoms with Crippen LogP contribution in [-0.2, 0) is 16.4 Å². The third-order valence-corrected chi connectivity index (χ3v) is 5.25. The second kappa shape index (κ2) is 5.46. The largest absolute Gasteiger partial charge is 0.356 e. The van der Waals surface area contributed by atoms with Crippen LogP contribution in [0, 0.1) is 6.92 Å². The molecule has 0 amide bonds. The van der Waals surface area contributed by atoms with Crippen molar-refractivity contribution in [1.82, 2.24) is 10.3 Å². The smallest absolute Gasteiger partial charge is 0.152 e. The zero-order valence-corrected chi connectivity index (χ0v) is 12.5. The number of pyridine rings is 1. The highest BCUT2D eigenvalue weighted by atomic mass is 32.2. The Balaban J connectivity index is 2.21. The van der Waals surface area contributed by atoms with E-state index < -0.39 is 9.84 Å². The zero-order chi connectivity index (χ0) is 14.0. The van der Waals surface area contributed by atoms with E-state index in [9.17, 15) is 8.42 Å². The second-order valence-corrected chi connectivity index (χ2v) is 7.40. The van der Waals surface area contributed by atoms with E-state index in [1.54, 1.807) is 0 Å². The van der Waals surface area contributed by atoms with Gasteiger partial charge in [-0.05, 0) is 38.1 Å². The molecule has 0 bridgehead atoms. The fourth-order valence-electron chi connectivity index (χ4n) is 2.48. The van der Waals surface area contributed by atoms with Gasteiger partial charge in [-0.1, -0.05) is 0 Å². The van der Waals surface area contributed by atoms with Crippen molar-refractivity contribution in [2.45, 2.75) is 25.9 Å². The summed E-state index contributed by atoms with van der Waals surface area (Å²) >= 11 is 0. The minimum Gasteiger partial charge on any atom is -0.356 e. The zero-order valence-electron chi connectivity index (χ0n) is 11.7. The van der Waals surface area contributed by atoms with E-state index in [1.807, 2.05) is 38.1 Å². The number of hydrogen-bond donors (Lipinski definition) is 1. The second-order valence-electron chi connectivity index (χ2n) is 5.17. The van der Waals surface area contributed by atoms with Crippen molar-refractivity contribution in [3.8, 4) is 0 Å². The number of aryl methyl sites for hydroxylation is 1. The van der Waals surface area contributed by atoms with Crippen molar-refractivity contribution < 1.29 is 8.42 Å². The summed E-state index contributed by atoms with van der Waals surface area (Å²) in [6.07, 6.45) is 0.690. The van der Waals surface area contributed by atoms with Gasteiger partial charge in [0.1, 0.15) is 5.82 Å². The third kappa shape index (κ3) is 3.45. The fraction of sp³-hybridized carbons (Fsp3) is 0.615. The van der Waals surface area contributed by atoms with Crippen molar-refractivity contribution >= 4 is 15.7 Å². The normalized spacial score (nSPS) is 21.5. The Kier molecular flexibility index (Phi) is 4.10. The first kappa shape index (κ1) is 14.3. The standard InChI is InChI=1S/C13H21N3O2S/c1-10-6-11(8-14-2)7-13(15-10)16(3)12-4-5-19(17,18)9-12/h6-7,12,14H,4-5,8-9H2,1-3H3. The van der Waals surface area contributed by atoms with Gasteiger partial charge in [-0.15, -0.1) is 0 Å². The van der Waals surface area contributed by atoms with Gasteiger partial charge in [-0.25, -0.2) is 13.4 Å². The number of rotatable bonds is 4. The molecule has 1 aromatic heterocycles. The van der Waals surface area contributed by atoms with Gasteiger partial charge in [0.05, 0.1) is 11.5 Å². The van der Waals surface area contributed by atoms with E-state index in [0.717, 1.165) is 23.6 Å². The molecule has 0 radical (unpaired) electrons. The quantitative estimate of drug-likeness (QED) is 0.883. The predicted molar refractivity (Wildman–Crippen MR) is 77.2 cm³/mol. The predicted octanol–water partition coefficient (Wildman–Crippen LogP) is 0.733. The van der Waals surface area contributed by atoms with Crippen molar-refractivity contribution in [2.75, 3.05) is 30.5 Å². The summed E-state index contributed by atoms with van der Waals surface area (Å²) in [6.45, 7) is 2.75. The molecule has 1 aliphatic rings. The summed E-state index contributed by atoms with van der Waals surface area (Å²) in [5, 5.41) is 3.12. The summed E-state index contributed by atoms with van der Waals surface area (Å²) in [5.41, 5.74) is 2.12. The molecule has 1 fully saturated rings. The van der Waals surface area contributed by atoms with Gasteiger partial charge in [-0.3, -0.25) is 0 Å². The molecule has 0 aliphatic carbocycles. The number of hydrogen-bond acceptors (Lipinski definition) is 5. The third-order valence-electron chi connectivity index (χ3n) is 3.50. The van der Waals surface area contributed by atoms with Crippen LogP contribution in [0.2, 0.25) is 0 Å². The Hall–Kier alpha value is -1.14. The fourth-order valence-corrected chi connectivity index (χ4v) is 4.25. The molecule has 1 aliphatic heterocycles. The number of nitrogens with zero attached hydrogens (tertiary/aromatic N) is 2. The molecular weight excluding hydrogens is 262 g/mol. The van der Waals surface area contributed by atoms with Crippen molar-refractivity contribution in [3.63, 3.8) is 0 Å². The first-order chi connectivity index (χ1) is 8.91. The summed E-state index contributed by atoms with van der Waals surface area (Å²) in [6, 6.07) is 4.11. The molecule has 2 heterocycles. The van der Waals surface area contributed by atoms with E-state index >= 15 is 0 Å². The van der Waals surface area contributed by atoms with Gasteiger partial charge in [0.15, 0.2) is 9.84 Å². The molecule has 19 heavy (non-hydrogen) atoms. The monoisotopic (exact) mass is 283 g/mol. The Morgan fingerprint density at radius 3 is 2.79 bits per heavy atom. The first-order valence-corrected chi connectivity index (χ1v) is 8.29. The van der Waals surface area contributed by atoms with Crippen LogP contribution in [0.25, 0.3) is 0 Å². The molecular formula is C13H21N3O2S. The molecule has 0 saturated carbocycles. The van der Waals surface area contributed by atoms with Crippen LogP contribution in [0.3, 0.4) is 0 Å². The summed E-state index contributed by atoms with van der Waals surface area (Å²) < 4.78 is 23.1. The molecule has 2 rings (SSSR count). The first-order valence-electron chi connectivity index (χ1n) is 6.47. The Morgan fingerprint density at radius 1 is 1.47 bits per heavy atom. The highest BCUT2D eigenvalue weighted by molar-refractivity contribution is 7.91. The van der Waals surface area contributed by atoms with Gasteiger partial charge < -0.3 is 10.2 Å². The topological polar surface area (TPSA) is 62.3 Å². The van der Waals surface area contributed by atoms with Gasteiger partial charge in [-0.2, -0.15) is 0 Å². The molecule has 106 valence electrons. The maximum absolute atomic E-state index is 11.6. The molecule has 1 saturated heterocycles. The highest BCUT2D eigenvalue weighted by Crippen LogP contribution is 2.22. The van der Waals surface area contributed by atoms with Gasteiger partial charge in [0.2, 0.25) is 0 Å². The molecule has 0 aromatic carbocycles. The number of aromatic nitrogens is 1. The van der Waals surface area contributed by atoms with Crippen LogP contribution in [-0.4, -0.2) is 45.0 Å². The molecule has 0 spiro atoms. The average molecular weight is 283 g/mol. The maximum atomic E-state index is 11.6. The number of sulfone groups is 1. The van der Waals surface area contributed by atoms with E-state index in [-0.39, 0.29) is 17.5 Å². The van der Waals surface area contributed by atoms with Gasteiger partial charge in [0.25, 0.3) is 0 Å².